The molecule has 4 rings (SSSR count). The van der Waals surface area contributed by atoms with E-state index < -0.39 is 17.8 Å². The lowest BCUT2D eigenvalue weighted by atomic mass is 9.81. The molecule has 138 valence electrons. The van der Waals surface area contributed by atoms with Crippen molar-refractivity contribution < 1.29 is 19.3 Å². The molecule has 0 saturated carbocycles. The second kappa shape index (κ2) is 6.99. The third kappa shape index (κ3) is 3.47. The summed E-state index contributed by atoms with van der Waals surface area (Å²) in [5, 5.41) is 20.9. The van der Waals surface area contributed by atoms with Crippen LogP contribution in [0.3, 0.4) is 0 Å². The van der Waals surface area contributed by atoms with Crippen LogP contribution in [0.15, 0.2) is 48.5 Å². The van der Waals surface area contributed by atoms with Crippen LogP contribution in [-0.2, 0) is 0 Å². The lowest BCUT2D eigenvalue weighted by Gasteiger charge is -2.46. The van der Waals surface area contributed by atoms with Gasteiger partial charge in [-0.2, -0.15) is 0 Å². The highest BCUT2D eigenvalue weighted by Gasteiger charge is 2.43. The van der Waals surface area contributed by atoms with Gasteiger partial charge >= 0.3 is 0 Å². The van der Waals surface area contributed by atoms with Crippen molar-refractivity contribution in [1.82, 2.24) is 4.90 Å². The number of piperidine rings is 1. The van der Waals surface area contributed by atoms with Crippen molar-refractivity contribution in [3.05, 3.63) is 65.5 Å². The van der Waals surface area contributed by atoms with Gasteiger partial charge in [0.1, 0.15) is 17.2 Å². The van der Waals surface area contributed by atoms with Gasteiger partial charge in [-0.1, -0.05) is 30.3 Å². The molecule has 2 atom stereocenters. The maximum absolute atomic E-state index is 13.4. The van der Waals surface area contributed by atoms with Crippen LogP contribution in [0.1, 0.15) is 42.6 Å². The molecule has 2 aromatic rings. The first kappa shape index (κ1) is 17.5. The standard InChI is InChI=1S/C21H24FNO3/c22-16-6-7-20-17(12-16)18(24)13-21(26-20)8-10-23(11-9-21)14-19(25)15-4-2-1-3-5-15/h1-7,12,18-19,24-25H,8-11,13-14H2/t18-,19-/m1/s1. The monoisotopic (exact) mass is 357 g/mol. The normalized spacial score (nSPS) is 23.3. The zero-order chi connectivity index (χ0) is 18.1. The first-order valence-electron chi connectivity index (χ1n) is 9.17. The predicted molar refractivity (Wildman–Crippen MR) is 96.4 cm³/mol. The summed E-state index contributed by atoms with van der Waals surface area (Å²) in [5.41, 5.74) is 1.06. The van der Waals surface area contributed by atoms with Crippen LogP contribution in [0.5, 0.6) is 5.75 Å². The first-order chi connectivity index (χ1) is 12.5. The molecule has 0 radical (unpaired) electrons. The van der Waals surface area contributed by atoms with Crippen LogP contribution >= 0.6 is 0 Å². The topological polar surface area (TPSA) is 52.9 Å². The number of nitrogens with zero attached hydrogens (tertiary/aromatic N) is 1. The molecule has 2 N–H and O–H groups in total. The highest BCUT2D eigenvalue weighted by Crippen LogP contribution is 2.44. The van der Waals surface area contributed by atoms with Crippen LogP contribution in [-0.4, -0.2) is 40.3 Å². The second-order valence-corrected chi connectivity index (χ2v) is 7.41. The van der Waals surface area contributed by atoms with Gasteiger partial charge in [-0.05, 0) is 36.6 Å². The summed E-state index contributed by atoms with van der Waals surface area (Å²) in [5.74, 6) is 0.231. The Hall–Kier alpha value is -1.95. The Bertz CT molecular complexity index is 759. The largest absolute Gasteiger partial charge is 0.487 e. The average molecular weight is 357 g/mol. The summed E-state index contributed by atoms with van der Waals surface area (Å²) in [6, 6.07) is 14.0. The van der Waals surface area contributed by atoms with E-state index in [-0.39, 0.29) is 5.82 Å². The third-order valence-corrected chi connectivity index (χ3v) is 5.61. The lowest BCUT2D eigenvalue weighted by Crippen LogP contribution is -2.51. The fourth-order valence-corrected chi connectivity index (χ4v) is 4.08. The van der Waals surface area contributed by atoms with Crippen LogP contribution in [0.2, 0.25) is 0 Å². The van der Waals surface area contributed by atoms with Gasteiger partial charge in [0, 0.05) is 31.6 Å². The maximum Gasteiger partial charge on any atom is 0.126 e. The molecule has 0 bridgehead atoms. The van der Waals surface area contributed by atoms with E-state index >= 15 is 0 Å². The number of fused-ring (bicyclic) bond motifs is 1. The fraction of sp³-hybridized carbons (Fsp3) is 0.429. The average Bonchev–Trinajstić information content (AvgIpc) is 2.65. The molecule has 2 heterocycles. The van der Waals surface area contributed by atoms with Gasteiger partial charge in [-0.15, -0.1) is 0 Å². The summed E-state index contributed by atoms with van der Waals surface area (Å²) in [6.07, 6.45) is 0.839. The molecule has 0 unspecified atom stereocenters. The molecule has 4 nitrogen and oxygen atoms in total. The Balaban J connectivity index is 1.40. The number of likely N-dealkylation sites (tertiary alicyclic amines) is 1. The van der Waals surface area contributed by atoms with Crippen molar-refractivity contribution in [3.63, 3.8) is 0 Å². The van der Waals surface area contributed by atoms with E-state index in [2.05, 4.69) is 4.90 Å². The summed E-state index contributed by atoms with van der Waals surface area (Å²) in [4.78, 5) is 2.23. The molecule has 1 fully saturated rings. The Morgan fingerprint density at radius 2 is 1.88 bits per heavy atom. The van der Waals surface area contributed by atoms with Gasteiger partial charge in [0.2, 0.25) is 0 Å². The Morgan fingerprint density at radius 1 is 1.15 bits per heavy atom. The summed E-state index contributed by atoms with van der Waals surface area (Å²) in [6.45, 7) is 2.19. The van der Waals surface area contributed by atoms with Gasteiger partial charge in [-0.3, -0.25) is 0 Å². The third-order valence-electron chi connectivity index (χ3n) is 5.61. The maximum atomic E-state index is 13.4. The number of hydrogen-bond acceptors (Lipinski definition) is 4. The van der Waals surface area contributed by atoms with Crippen LogP contribution in [0.25, 0.3) is 0 Å². The van der Waals surface area contributed by atoms with Crippen LogP contribution in [0, 0.1) is 5.82 Å². The Kier molecular flexibility index (Phi) is 4.69. The molecule has 5 heteroatoms. The van der Waals surface area contributed by atoms with E-state index in [1.165, 1.54) is 12.1 Å². The van der Waals surface area contributed by atoms with E-state index in [1.807, 2.05) is 30.3 Å². The minimum Gasteiger partial charge on any atom is -0.487 e. The van der Waals surface area contributed by atoms with E-state index in [4.69, 9.17) is 4.74 Å². The molecule has 0 aromatic heterocycles. The quantitative estimate of drug-likeness (QED) is 0.886. The van der Waals surface area contributed by atoms with Crippen LogP contribution in [0.4, 0.5) is 4.39 Å². The van der Waals surface area contributed by atoms with Gasteiger partial charge in [0.25, 0.3) is 0 Å². The van der Waals surface area contributed by atoms with Crippen molar-refractivity contribution >= 4 is 0 Å². The van der Waals surface area contributed by atoms with Gasteiger partial charge in [0.15, 0.2) is 0 Å². The predicted octanol–water partition coefficient (Wildman–Crippen LogP) is 3.21. The molecule has 2 aliphatic rings. The molecule has 2 aliphatic heterocycles. The molecular weight excluding hydrogens is 333 g/mol. The number of benzene rings is 2. The van der Waals surface area contributed by atoms with Crippen LogP contribution < -0.4 is 4.74 Å². The molecule has 2 aromatic carbocycles. The number of aliphatic hydroxyl groups is 2. The van der Waals surface area contributed by atoms with Crippen molar-refractivity contribution in [2.45, 2.75) is 37.1 Å². The van der Waals surface area contributed by atoms with E-state index in [0.29, 0.717) is 24.3 Å². The fourth-order valence-electron chi connectivity index (χ4n) is 4.08. The second-order valence-electron chi connectivity index (χ2n) is 7.41. The van der Waals surface area contributed by atoms with E-state index in [1.54, 1.807) is 6.07 Å². The van der Waals surface area contributed by atoms with Crippen molar-refractivity contribution in [3.8, 4) is 5.75 Å². The minimum atomic E-state index is -0.698. The summed E-state index contributed by atoms with van der Waals surface area (Å²) < 4.78 is 19.6. The molecule has 0 aliphatic carbocycles. The van der Waals surface area contributed by atoms with E-state index in [9.17, 15) is 14.6 Å². The Labute approximate surface area is 152 Å². The number of halogens is 1. The molecule has 1 saturated heterocycles. The molecule has 1 spiro atoms. The number of ether oxygens (including phenoxy) is 1. The number of rotatable bonds is 3. The van der Waals surface area contributed by atoms with E-state index in [0.717, 1.165) is 31.5 Å². The highest BCUT2D eigenvalue weighted by atomic mass is 19.1. The van der Waals surface area contributed by atoms with Crippen molar-refractivity contribution in [1.29, 1.82) is 0 Å². The lowest BCUT2D eigenvalue weighted by molar-refractivity contribution is -0.0589. The minimum absolute atomic E-state index is 0.355. The van der Waals surface area contributed by atoms with Crippen molar-refractivity contribution in [2.24, 2.45) is 0 Å². The van der Waals surface area contributed by atoms with Crippen molar-refractivity contribution in [2.75, 3.05) is 19.6 Å². The van der Waals surface area contributed by atoms with Gasteiger partial charge < -0.3 is 19.8 Å². The molecule has 0 amide bonds. The van der Waals surface area contributed by atoms with Gasteiger partial charge in [0.05, 0.1) is 12.2 Å². The summed E-state index contributed by atoms with van der Waals surface area (Å²) >= 11 is 0. The SMILES string of the molecule is O[C@H](CN1CCC2(CC1)C[C@@H](O)c1cc(F)ccc1O2)c1ccccc1. The van der Waals surface area contributed by atoms with Gasteiger partial charge in [-0.25, -0.2) is 4.39 Å². The molecular formula is C21H24FNO3. The summed E-state index contributed by atoms with van der Waals surface area (Å²) in [7, 11) is 0. The molecule has 26 heavy (non-hydrogen) atoms. The zero-order valence-corrected chi connectivity index (χ0v) is 14.6. The number of hydrogen-bond donors (Lipinski definition) is 2. The Morgan fingerprint density at radius 3 is 2.62 bits per heavy atom. The smallest absolute Gasteiger partial charge is 0.126 e. The number of β-amino-alcohol motifs (C(OH)–C–C–N with tert-alkyl or cyclic N) is 1. The highest BCUT2D eigenvalue weighted by molar-refractivity contribution is 5.38. The first-order valence-corrected chi connectivity index (χ1v) is 9.17. The number of aliphatic hydroxyl groups excluding tert-OH is 2. The zero-order valence-electron chi connectivity index (χ0n) is 14.6.